The van der Waals surface area contributed by atoms with Crippen LogP contribution in [0.15, 0.2) is 48.7 Å². The quantitative estimate of drug-likeness (QED) is 0.850. The number of hydrogen-bond donors (Lipinski definition) is 1. The molecule has 1 N–H and O–H groups in total. The van der Waals surface area contributed by atoms with Crippen LogP contribution >= 0.6 is 0 Å². The van der Waals surface area contributed by atoms with Gasteiger partial charge >= 0.3 is 0 Å². The molecule has 21 heavy (non-hydrogen) atoms. The molecule has 0 aliphatic carbocycles. The van der Waals surface area contributed by atoms with E-state index in [1.54, 1.807) is 13.3 Å². The number of aryl methyl sites for hydroxylation is 1. The van der Waals surface area contributed by atoms with Crippen LogP contribution in [-0.4, -0.2) is 18.0 Å². The molecule has 0 fully saturated rings. The van der Waals surface area contributed by atoms with Crippen LogP contribution in [0, 0.1) is 0 Å². The molecule has 4 nitrogen and oxygen atoms in total. The molecule has 0 atom stereocenters. The molecule has 2 aromatic rings. The van der Waals surface area contributed by atoms with Gasteiger partial charge in [0, 0.05) is 30.4 Å². The maximum Gasteiger partial charge on any atom is 0.220 e. The molecule has 0 spiro atoms. The van der Waals surface area contributed by atoms with Crippen LogP contribution in [0.2, 0.25) is 0 Å². The zero-order valence-corrected chi connectivity index (χ0v) is 12.2. The van der Waals surface area contributed by atoms with Gasteiger partial charge in [-0.15, -0.1) is 0 Å². The van der Waals surface area contributed by atoms with Gasteiger partial charge in [0.05, 0.1) is 7.11 Å². The van der Waals surface area contributed by atoms with Crippen molar-refractivity contribution in [3.8, 4) is 5.75 Å². The van der Waals surface area contributed by atoms with Gasteiger partial charge in [0.1, 0.15) is 5.75 Å². The van der Waals surface area contributed by atoms with E-state index in [0.29, 0.717) is 13.0 Å². The number of hydrogen-bond acceptors (Lipinski definition) is 3. The van der Waals surface area contributed by atoms with Crippen molar-refractivity contribution >= 4 is 5.91 Å². The normalized spacial score (nSPS) is 10.1. The zero-order chi connectivity index (χ0) is 14.9. The molecule has 1 amide bonds. The minimum atomic E-state index is 0.0526. The lowest BCUT2D eigenvalue weighted by molar-refractivity contribution is -0.121. The SMILES string of the molecule is COc1ccccc1CNC(=O)CCCc1ccccn1. The van der Waals surface area contributed by atoms with Crippen LogP contribution in [0.4, 0.5) is 0 Å². The molecule has 0 aliphatic heterocycles. The summed E-state index contributed by atoms with van der Waals surface area (Å²) in [5.74, 6) is 0.850. The lowest BCUT2D eigenvalue weighted by Crippen LogP contribution is -2.22. The first kappa shape index (κ1) is 15.0. The van der Waals surface area contributed by atoms with Gasteiger partial charge in [-0.05, 0) is 31.0 Å². The third-order valence-corrected chi connectivity index (χ3v) is 3.23. The van der Waals surface area contributed by atoms with E-state index in [0.717, 1.165) is 29.8 Å². The molecule has 0 bridgehead atoms. The van der Waals surface area contributed by atoms with Gasteiger partial charge in [0.2, 0.25) is 5.91 Å². The molecule has 0 aliphatic rings. The van der Waals surface area contributed by atoms with E-state index in [4.69, 9.17) is 4.74 Å². The molecular formula is C17H20N2O2. The standard InChI is InChI=1S/C17H20N2O2/c1-21-16-10-3-2-7-14(16)13-19-17(20)11-6-9-15-8-4-5-12-18-15/h2-5,7-8,10,12H,6,9,11,13H2,1H3,(H,19,20). The molecule has 2 rings (SSSR count). The van der Waals surface area contributed by atoms with Crippen molar-refractivity contribution in [2.75, 3.05) is 7.11 Å². The second kappa shape index (κ2) is 8.04. The molecule has 4 heteroatoms. The lowest BCUT2D eigenvalue weighted by Gasteiger charge is -2.09. The monoisotopic (exact) mass is 284 g/mol. The van der Waals surface area contributed by atoms with Gasteiger partial charge in [-0.2, -0.15) is 0 Å². The summed E-state index contributed by atoms with van der Waals surface area (Å²) in [5, 5.41) is 2.92. The Morgan fingerprint density at radius 3 is 2.76 bits per heavy atom. The Bertz CT molecular complexity index is 570. The van der Waals surface area contributed by atoms with Gasteiger partial charge in [-0.25, -0.2) is 0 Å². The summed E-state index contributed by atoms with van der Waals surface area (Å²) in [4.78, 5) is 16.1. The molecule has 0 saturated carbocycles. The summed E-state index contributed by atoms with van der Waals surface area (Å²) in [7, 11) is 1.63. The van der Waals surface area contributed by atoms with Crippen LogP contribution in [0.1, 0.15) is 24.1 Å². The molecule has 1 aromatic carbocycles. The number of pyridine rings is 1. The van der Waals surface area contributed by atoms with Crippen molar-refractivity contribution in [3.63, 3.8) is 0 Å². The summed E-state index contributed by atoms with van der Waals surface area (Å²) < 4.78 is 5.26. The van der Waals surface area contributed by atoms with E-state index in [1.165, 1.54) is 0 Å². The van der Waals surface area contributed by atoms with Crippen LogP contribution in [-0.2, 0) is 17.8 Å². The van der Waals surface area contributed by atoms with Crippen molar-refractivity contribution in [1.82, 2.24) is 10.3 Å². The number of carbonyl (C=O) groups is 1. The Labute approximate surface area is 125 Å². The highest BCUT2D eigenvalue weighted by Gasteiger charge is 2.05. The average Bonchev–Trinajstić information content (AvgIpc) is 2.54. The van der Waals surface area contributed by atoms with Gasteiger partial charge < -0.3 is 10.1 Å². The lowest BCUT2D eigenvalue weighted by atomic mass is 10.1. The van der Waals surface area contributed by atoms with Crippen molar-refractivity contribution in [2.24, 2.45) is 0 Å². The largest absolute Gasteiger partial charge is 0.496 e. The number of aromatic nitrogens is 1. The van der Waals surface area contributed by atoms with E-state index < -0.39 is 0 Å². The molecule has 0 radical (unpaired) electrons. The van der Waals surface area contributed by atoms with Gasteiger partial charge in [-0.1, -0.05) is 24.3 Å². The molecule has 0 saturated heterocycles. The van der Waals surface area contributed by atoms with Crippen LogP contribution < -0.4 is 10.1 Å². The highest BCUT2D eigenvalue weighted by atomic mass is 16.5. The number of nitrogens with zero attached hydrogens (tertiary/aromatic N) is 1. The number of carbonyl (C=O) groups excluding carboxylic acids is 1. The minimum Gasteiger partial charge on any atom is -0.496 e. The Morgan fingerprint density at radius 1 is 1.19 bits per heavy atom. The second-order valence-electron chi connectivity index (χ2n) is 4.76. The number of ether oxygens (including phenoxy) is 1. The molecule has 0 unspecified atom stereocenters. The van der Waals surface area contributed by atoms with Crippen LogP contribution in [0.3, 0.4) is 0 Å². The Morgan fingerprint density at radius 2 is 2.00 bits per heavy atom. The number of benzene rings is 1. The van der Waals surface area contributed by atoms with Gasteiger partial charge in [0.25, 0.3) is 0 Å². The highest BCUT2D eigenvalue weighted by Crippen LogP contribution is 2.16. The summed E-state index contributed by atoms with van der Waals surface area (Å²) >= 11 is 0. The Hall–Kier alpha value is -2.36. The van der Waals surface area contributed by atoms with E-state index in [2.05, 4.69) is 10.3 Å². The average molecular weight is 284 g/mol. The second-order valence-corrected chi connectivity index (χ2v) is 4.76. The fourth-order valence-corrected chi connectivity index (χ4v) is 2.11. The van der Waals surface area contributed by atoms with Crippen LogP contribution in [0.25, 0.3) is 0 Å². The van der Waals surface area contributed by atoms with E-state index >= 15 is 0 Å². The van der Waals surface area contributed by atoms with E-state index in [9.17, 15) is 4.79 Å². The summed E-state index contributed by atoms with van der Waals surface area (Å²) in [6.07, 6.45) is 3.90. The first-order valence-electron chi connectivity index (χ1n) is 7.08. The molecular weight excluding hydrogens is 264 g/mol. The minimum absolute atomic E-state index is 0.0526. The topological polar surface area (TPSA) is 51.2 Å². The third kappa shape index (κ3) is 4.91. The fourth-order valence-electron chi connectivity index (χ4n) is 2.11. The number of nitrogens with one attached hydrogen (secondary N) is 1. The maximum absolute atomic E-state index is 11.8. The van der Waals surface area contributed by atoms with E-state index in [-0.39, 0.29) is 5.91 Å². The van der Waals surface area contributed by atoms with Gasteiger partial charge in [-0.3, -0.25) is 9.78 Å². The summed E-state index contributed by atoms with van der Waals surface area (Å²) in [6, 6.07) is 13.5. The highest BCUT2D eigenvalue weighted by molar-refractivity contribution is 5.75. The third-order valence-electron chi connectivity index (χ3n) is 3.23. The Balaban J connectivity index is 1.72. The summed E-state index contributed by atoms with van der Waals surface area (Å²) in [5.41, 5.74) is 2.01. The van der Waals surface area contributed by atoms with Crippen LogP contribution in [0.5, 0.6) is 5.75 Å². The predicted octanol–water partition coefficient (Wildman–Crippen LogP) is 2.73. The van der Waals surface area contributed by atoms with Gasteiger partial charge in [0.15, 0.2) is 0 Å². The number of rotatable bonds is 7. The van der Waals surface area contributed by atoms with Crippen molar-refractivity contribution in [1.29, 1.82) is 0 Å². The number of methoxy groups -OCH3 is 1. The smallest absolute Gasteiger partial charge is 0.220 e. The van der Waals surface area contributed by atoms with Crippen molar-refractivity contribution in [3.05, 3.63) is 59.9 Å². The molecule has 1 heterocycles. The first-order chi connectivity index (χ1) is 10.3. The molecule has 110 valence electrons. The summed E-state index contributed by atoms with van der Waals surface area (Å²) in [6.45, 7) is 0.492. The fraction of sp³-hybridized carbons (Fsp3) is 0.294. The van der Waals surface area contributed by atoms with Crippen molar-refractivity contribution < 1.29 is 9.53 Å². The van der Waals surface area contributed by atoms with Crippen molar-refractivity contribution in [2.45, 2.75) is 25.8 Å². The Kier molecular flexibility index (Phi) is 5.76. The number of para-hydroxylation sites is 1. The number of amides is 1. The maximum atomic E-state index is 11.8. The first-order valence-corrected chi connectivity index (χ1v) is 7.08. The molecule has 1 aromatic heterocycles. The zero-order valence-electron chi connectivity index (χ0n) is 12.2. The predicted molar refractivity (Wildman–Crippen MR) is 82.0 cm³/mol. The van der Waals surface area contributed by atoms with E-state index in [1.807, 2.05) is 42.5 Å².